The van der Waals surface area contributed by atoms with Gasteiger partial charge in [0.05, 0.1) is 5.41 Å². The maximum atomic E-state index is 12.0. The maximum absolute atomic E-state index is 12.0. The number of hydrogen-bond donors (Lipinski definition) is 2. The fourth-order valence-corrected chi connectivity index (χ4v) is 3.26. The third-order valence-corrected chi connectivity index (χ3v) is 4.90. The Hall–Kier alpha value is -0.910. The maximum Gasteiger partial charge on any atom is 0.317 e. The van der Waals surface area contributed by atoms with Gasteiger partial charge in [0.15, 0.2) is 0 Å². The molecule has 2 amide bonds. The molecule has 0 aromatic rings. The summed E-state index contributed by atoms with van der Waals surface area (Å²) in [7, 11) is 0. The van der Waals surface area contributed by atoms with Crippen LogP contribution in [0.15, 0.2) is 0 Å². The molecule has 1 saturated carbocycles. The quantitative estimate of drug-likeness (QED) is 0.814. The van der Waals surface area contributed by atoms with Gasteiger partial charge in [-0.05, 0) is 25.0 Å². The van der Waals surface area contributed by atoms with E-state index >= 15 is 0 Å². The summed E-state index contributed by atoms with van der Waals surface area (Å²) in [5.74, 6) is 1.29. The molecule has 0 aromatic carbocycles. The minimum absolute atomic E-state index is 0.106. The van der Waals surface area contributed by atoms with Crippen LogP contribution in [0.5, 0.6) is 0 Å². The highest BCUT2D eigenvalue weighted by atomic mass is 32.2. The Kier molecular flexibility index (Phi) is 4.37. The number of urea groups is 1. The molecule has 6 heteroatoms. The van der Waals surface area contributed by atoms with Crippen LogP contribution in [0.3, 0.4) is 0 Å². The third-order valence-electron chi connectivity index (χ3n) is 3.85. The van der Waals surface area contributed by atoms with E-state index in [0.717, 1.165) is 37.4 Å². The molecule has 0 spiro atoms. The van der Waals surface area contributed by atoms with Gasteiger partial charge >= 0.3 is 12.0 Å². The second-order valence-corrected chi connectivity index (χ2v) is 6.28. The number of hydrogen-bond acceptors (Lipinski definition) is 3. The molecule has 2 fully saturated rings. The van der Waals surface area contributed by atoms with Crippen molar-refractivity contribution < 1.29 is 14.7 Å². The number of rotatable bonds is 3. The van der Waals surface area contributed by atoms with E-state index in [1.807, 2.05) is 11.8 Å². The zero-order valence-corrected chi connectivity index (χ0v) is 11.3. The first kappa shape index (κ1) is 13.5. The molecule has 0 bridgehead atoms. The molecule has 102 valence electrons. The van der Waals surface area contributed by atoms with E-state index in [-0.39, 0.29) is 12.6 Å². The highest BCUT2D eigenvalue weighted by Gasteiger charge is 2.44. The van der Waals surface area contributed by atoms with Gasteiger partial charge in [-0.2, -0.15) is 11.8 Å². The highest BCUT2D eigenvalue weighted by molar-refractivity contribution is 7.99. The number of carboxylic acid groups (broad SMARTS) is 1. The predicted molar refractivity (Wildman–Crippen MR) is 70.8 cm³/mol. The summed E-state index contributed by atoms with van der Waals surface area (Å²) in [6, 6.07) is -0.106. The van der Waals surface area contributed by atoms with Crippen molar-refractivity contribution in [2.45, 2.75) is 25.7 Å². The Morgan fingerprint density at radius 1 is 1.22 bits per heavy atom. The Morgan fingerprint density at radius 2 is 2.00 bits per heavy atom. The molecule has 2 rings (SSSR count). The van der Waals surface area contributed by atoms with E-state index in [0.29, 0.717) is 12.8 Å². The van der Waals surface area contributed by atoms with Crippen molar-refractivity contribution in [3.8, 4) is 0 Å². The van der Waals surface area contributed by atoms with Crippen LogP contribution < -0.4 is 5.32 Å². The average molecular weight is 272 g/mol. The lowest BCUT2D eigenvalue weighted by molar-refractivity contribution is -0.153. The normalized spacial score (nSPS) is 22.8. The molecule has 18 heavy (non-hydrogen) atoms. The Labute approximate surface area is 111 Å². The SMILES string of the molecule is O=C(NCC1(C(=O)O)CCC1)N1CCCSCC1. The highest BCUT2D eigenvalue weighted by Crippen LogP contribution is 2.40. The minimum atomic E-state index is -0.777. The van der Waals surface area contributed by atoms with Gasteiger partial charge in [0, 0.05) is 25.4 Å². The molecule has 2 N–H and O–H groups in total. The first-order valence-electron chi connectivity index (χ1n) is 6.48. The number of nitrogens with one attached hydrogen (secondary N) is 1. The molecule has 0 radical (unpaired) electrons. The van der Waals surface area contributed by atoms with Crippen LogP contribution in [-0.4, -0.2) is 53.1 Å². The summed E-state index contributed by atoms with van der Waals surface area (Å²) >= 11 is 1.87. The number of carbonyl (C=O) groups is 2. The molecule has 5 nitrogen and oxygen atoms in total. The predicted octanol–water partition coefficient (Wildman–Crippen LogP) is 1.39. The number of carbonyl (C=O) groups excluding carboxylic acids is 1. The second kappa shape index (κ2) is 5.82. The Morgan fingerprint density at radius 3 is 2.61 bits per heavy atom. The van der Waals surface area contributed by atoms with Crippen molar-refractivity contribution >= 4 is 23.8 Å². The monoisotopic (exact) mass is 272 g/mol. The Balaban J connectivity index is 1.81. The number of amides is 2. The van der Waals surface area contributed by atoms with E-state index in [1.54, 1.807) is 4.90 Å². The van der Waals surface area contributed by atoms with E-state index in [4.69, 9.17) is 0 Å². The zero-order valence-electron chi connectivity index (χ0n) is 10.5. The molecule has 1 heterocycles. The van der Waals surface area contributed by atoms with Crippen molar-refractivity contribution in [2.24, 2.45) is 5.41 Å². The van der Waals surface area contributed by atoms with Crippen molar-refractivity contribution in [1.82, 2.24) is 10.2 Å². The topological polar surface area (TPSA) is 69.6 Å². The van der Waals surface area contributed by atoms with Crippen molar-refractivity contribution in [3.63, 3.8) is 0 Å². The average Bonchev–Trinajstić information content (AvgIpc) is 2.55. The number of aliphatic carboxylic acids is 1. The zero-order chi connectivity index (χ0) is 13.0. The van der Waals surface area contributed by atoms with Crippen LogP contribution in [0.4, 0.5) is 4.79 Å². The number of thioether (sulfide) groups is 1. The summed E-state index contributed by atoms with van der Waals surface area (Å²) < 4.78 is 0. The standard InChI is InChI=1S/C12H20N2O3S/c15-10(16)12(3-1-4-12)9-13-11(17)14-5-2-7-18-8-6-14/h1-9H2,(H,13,17)(H,15,16). The van der Waals surface area contributed by atoms with Crippen molar-refractivity contribution in [2.75, 3.05) is 31.1 Å². The molecule has 1 saturated heterocycles. The lowest BCUT2D eigenvalue weighted by atomic mass is 9.69. The van der Waals surface area contributed by atoms with Gasteiger partial charge < -0.3 is 15.3 Å². The summed E-state index contributed by atoms with van der Waals surface area (Å²) in [6.45, 7) is 1.81. The fraction of sp³-hybridized carbons (Fsp3) is 0.833. The third kappa shape index (κ3) is 2.91. The van der Waals surface area contributed by atoms with E-state index in [9.17, 15) is 14.7 Å². The van der Waals surface area contributed by atoms with Crippen LogP contribution >= 0.6 is 11.8 Å². The van der Waals surface area contributed by atoms with Gasteiger partial charge in [-0.15, -0.1) is 0 Å². The Bertz CT molecular complexity index is 323. The molecule has 1 aliphatic heterocycles. The van der Waals surface area contributed by atoms with Gasteiger partial charge in [0.25, 0.3) is 0 Å². The second-order valence-electron chi connectivity index (χ2n) is 5.05. The molecular weight excluding hydrogens is 252 g/mol. The minimum Gasteiger partial charge on any atom is -0.481 e. The summed E-state index contributed by atoms with van der Waals surface area (Å²) in [5, 5.41) is 12.0. The molecule has 0 atom stereocenters. The number of carboxylic acids is 1. The van der Waals surface area contributed by atoms with E-state index in [2.05, 4.69) is 5.32 Å². The van der Waals surface area contributed by atoms with E-state index < -0.39 is 11.4 Å². The van der Waals surface area contributed by atoms with Crippen LogP contribution in [0.1, 0.15) is 25.7 Å². The van der Waals surface area contributed by atoms with E-state index in [1.165, 1.54) is 0 Å². The summed E-state index contributed by atoms with van der Waals surface area (Å²) in [5.41, 5.74) is -0.698. The van der Waals surface area contributed by atoms with Crippen LogP contribution in [0.2, 0.25) is 0 Å². The smallest absolute Gasteiger partial charge is 0.317 e. The van der Waals surface area contributed by atoms with Gasteiger partial charge in [-0.25, -0.2) is 4.79 Å². The van der Waals surface area contributed by atoms with Gasteiger partial charge in [0.2, 0.25) is 0 Å². The molecule has 2 aliphatic rings. The molecule has 0 unspecified atom stereocenters. The first-order valence-corrected chi connectivity index (χ1v) is 7.63. The van der Waals surface area contributed by atoms with Crippen LogP contribution in [0.25, 0.3) is 0 Å². The lowest BCUT2D eigenvalue weighted by Gasteiger charge is -2.38. The van der Waals surface area contributed by atoms with Gasteiger partial charge in [0.1, 0.15) is 0 Å². The van der Waals surface area contributed by atoms with Crippen molar-refractivity contribution in [1.29, 1.82) is 0 Å². The summed E-state index contributed by atoms with van der Waals surface area (Å²) in [4.78, 5) is 25.0. The first-order chi connectivity index (χ1) is 8.64. The fourth-order valence-electron chi connectivity index (χ4n) is 2.38. The van der Waals surface area contributed by atoms with Crippen molar-refractivity contribution in [3.05, 3.63) is 0 Å². The largest absolute Gasteiger partial charge is 0.481 e. The number of nitrogens with zero attached hydrogens (tertiary/aromatic N) is 1. The molecular formula is C12H20N2O3S. The van der Waals surface area contributed by atoms with Crippen LogP contribution in [0, 0.1) is 5.41 Å². The van der Waals surface area contributed by atoms with Crippen LogP contribution in [-0.2, 0) is 4.79 Å². The van der Waals surface area contributed by atoms with Gasteiger partial charge in [-0.1, -0.05) is 6.42 Å². The molecule has 0 aromatic heterocycles. The molecule has 1 aliphatic carbocycles. The summed E-state index contributed by atoms with van der Waals surface area (Å²) in [6.07, 6.45) is 3.32. The lowest BCUT2D eigenvalue weighted by Crippen LogP contribution is -2.51. The van der Waals surface area contributed by atoms with Gasteiger partial charge in [-0.3, -0.25) is 4.79 Å².